The first-order valence-corrected chi connectivity index (χ1v) is 2.16. The number of carbonyl (C=O) groups excluding carboxylic acids is 1. The van der Waals surface area contributed by atoms with Crippen LogP contribution in [0.3, 0.4) is 0 Å². The van der Waals surface area contributed by atoms with Crippen LogP contribution < -0.4 is 10.6 Å². The molecule has 0 unspecified atom stereocenters. The van der Waals surface area contributed by atoms with Crippen molar-refractivity contribution in [2.45, 2.75) is 6.92 Å². The molecule has 39 valence electrons. The van der Waals surface area contributed by atoms with Gasteiger partial charge >= 0.3 is 0 Å². The minimum atomic E-state index is 0.0532. The first kappa shape index (κ1) is 4.59. The molecule has 0 aromatic heterocycles. The zero-order valence-electron chi connectivity index (χ0n) is 4.12. The summed E-state index contributed by atoms with van der Waals surface area (Å²) >= 11 is 0. The van der Waals surface area contributed by atoms with Gasteiger partial charge in [0.25, 0.3) is 0 Å². The van der Waals surface area contributed by atoms with Gasteiger partial charge in [-0.15, -0.1) is 0 Å². The number of amides is 1. The van der Waals surface area contributed by atoms with Crippen LogP contribution in [0.1, 0.15) is 6.92 Å². The van der Waals surface area contributed by atoms with Crippen LogP contribution in [-0.4, -0.2) is 12.5 Å². The molecular formula is C4H7N2O. The average Bonchev–Trinajstić information content (AvgIpc) is 1.87. The highest BCUT2D eigenvalue weighted by molar-refractivity contribution is 5.81. The Balaban J connectivity index is 2.40. The van der Waals surface area contributed by atoms with Crippen molar-refractivity contribution in [2.24, 2.45) is 0 Å². The number of hydrogen-bond acceptors (Lipinski definition) is 2. The largest absolute Gasteiger partial charge is 0.334 e. The lowest BCUT2D eigenvalue weighted by Gasteiger charge is -1.94. The third kappa shape index (κ3) is 0.899. The molecule has 0 saturated carbocycles. The molecule has 0 aromatic rings. The summed E-state index contributed by atoms with van der Waals surface area (Å²) in [6.07, 6.45) is 0.852. The van der Waals surface area contributed by atoms with Crippen LogP contribution in [0.5, 0.6) is 0 Å². The molecule has 1 heterocycles. The Bertz CT molecular complexity index is 91.7. The number of rotatable bonds is 0. The highest BCUT2D eigenvalue weighted by atomic mass is 16.2. The van der Waals surface area contributed by atoms with E-state index in [1.54, 1.807) is 0 Å². The molecule has 1 aliphatic rings. The van der Waals surface area contributed by atoms with Gasteiger partial charge in [-0.1, -0.05) is 0 Å². The molecule has 0 aromatic carbocycles. The van der Waals surface area contributed by atoms with E-state index >= 15 is 0 Å². The maximum atomic E-state index is 10.3. The molecule has 1 rings (SSSR count). The van der Waals surface area contributed by atoms with Gasteiger partial charge in [0.1, 0.15) is 6.17 Å². The van der Waals surface area contributed by atoms with Crippen LogP contribution in [0.25, 0.3) is 0 Å². The fourth-order valence-electron chi connectivity index (χ4n) is 0.510. The zero-order chi connectivity index (χ0) is 5.28. The predicted octanol–water partition coefficient (Wildman–Crippen LogP) is -0.785. The van der Waals surface area contributed by atoms with Gasteiger partial charge in [0.05, 0.1) is 6.54 Å². The topological polar surface area (TPSA) is 41.1 Å². The molecule has 2 N–H and O–H groups in total. The first-order chi connectivity index (χ1) is 3.29. The van der Waals surface area contributed by atoms with E-state index in [-0.39, 0.29) is 5.91 Å². The van der Waals surface area contributed by atoms with Crippen molar-refractivity contribution in [3.05, 3.63) is 6.17 Å². The van der Waals surface area contributed by atoms with Crippen LogP contribution in [0.15, 0.2) is 0 Å². The van der Waals surface area contributed by atoms with Crippen molar-refractivity contribution < 1.29 is 4.79 Å². The van der Waals surface area contributed by atoms with Crippen molar-refractivity contribution >= 4 is 5.91 Å². The normalized spacial score (nSPS) is 22.7. The summed E-state index contributed by atoms with van der Waals surface area (Å²) in [5, 5.41) is 5.41. The molecule has 0 bridgehead atoms. The zero-order valence-corrected chi connectivity index (χ0v) is 4.12. The van der Waals surface area contributed by atoms with E-state index in [1.165, 1.54) is 0 Å². The summed E-state index contributed by atoms with van der Waals surface area (Å²) in [4.78, 5) is 10.3. The van der Waals surface area contributed by atoms with Crippen molar-refractivity contribution in [3.8, 4) is 0 Å². The summed E-state index contributed by atoms with van der Waals surface area (Å²) in [5.74, 6) is 0.0532. The van der Waals surface area contributed by atoms with Gasteiger partial charge in [-0.3, -0.25) is 10.1 Å². The fourth-order valence-corrected chi connectivity index (χ4v) is 0.510. The average molecular weight is 99.1 g/mol. The Morgan fingerprint density at radius 3 is 2.57 bits per heavy atom. The number of hydrogen-bond donors (Lipinski definition) is 2. The second-order valence-electron chi connectivity index (χ2n) is 1.53. The standard InChI is InChI=1S/C4H7N2O/c1-3-5-2-4(7)6-3/h5H,2H2,1H3,(H,6,7). The minimum Gasteiger partial charge on any atom is -0.334 e. The molecule has 1 radical (unpaired) electrons. The van der Waals surface area contributed by atoms with Crippen molar-refractivity contribution in [1.82, 2.24) is 10.6 Å². The lowest BCUT2D eigenvalue weighted by molar-refractivity contribution is -0.118. The van der Waals surface area contributed by atoms with Crippen LogP contribution in [0, 0.1) is 6.17 Å². The number of nitrogens with one attached hydrogen (secondary N) is 2. The summed E-state index contributed by atoms with van der Waals surface area (Å²) in [5.41, 5.74) is 0. The van der Waals surface area contributed by atoms with Gasteiger partial charge in [-0.05, 0) is 6.92 Å². The second-order valence-corrected chi connectivity index (χ2v) is 1.53. The lowest BCUT2D eigenvalue weighted by atomic mass is 10.6. The maximum absolute atomic E-state index is 10.3. The van der Waals surface area contributed by atoms with Gasteiger partial charge < -0.3 is 5.32 Å². The minimum absolute atomic E-state index is 0.0532. The Kier molecular flexibility index (Phi) is 0.982. The molecule has 1 saturated heterocycles. The van der Waals surface area contributed by atoms with Crippen LogP contribution in [0.4, 0.5) is 0 Å². The van der Waals surface area contributed by atoms with Gasteiger partial charge in [0.2, 0.25) is 5.91 Å². The Morgan fingerprint density at radius 1 is 1.71 bits per heavy atom. The Morgan fingerprint density at radius 2 is 2.43 bits per heavy atom. The van der Waals surface area contributed by atoms with E-state index < -0.39 is 0 Å². The summed E-state index contributed by atoms with van der Waals surface area (Å²) in [7, 11) is 0. The van der Waals surface area contributed by atoms with Crippen molar-refractivity contribution in [1.29, 1.82) is 0 Å². The van der Waals surface area contributed by atoms with Crippen LogP contribution in [-0.2, 0) is 4.79 Å². The fraction of sp³-hybridized carbons (Fsp3) is 0.500. The molecule has 0 spiro atoms. The third-order valence-electron chi connectivity index (χ3n) is 0.841. The molecule has 3 nitrogen and oxygen atoms in total. The summed E-state index contributed by atoms with van der Waals surface area (Å²) in [6.45, 7) is 2.26. The van der Waals surface area contributed by atoms with Crippen molar-refractivity contribution in [2.75, 3.05) is 6.54 Å². The van der Waals surface area contributed by atoms with E-state index in [9.17, 15) is 4.79 Å². The van der Waals surface area contributed by atoms with E-state index in [4.69, 9.17) is 0 Å². The van der Waals surface area contributed by atoms with Gasteiger partial charge in [-0.25, -0.2) is 0 Å². The van der Waals surface area contributed by atoms with Gasteiger partial charge in [0.15, 0.2) is 0 Å². The smallest absolute Gasteiger partial charge is 0.235 e. The molecule has 1 fully saturated rings. The third-order valence-corrected chi connectivity index (χ3v) is 0.841. The SMILES string of the molecule is C[C]1NCC(=O)N1. The predicted molar refractivity (Wildman–Crippen MR) is 25.1 cm³/mol. The molecule has 0 atom stereocenters. The van der Waals surface area contributed by atoms with Crippen LogP contribution in [0.2, 0.25) is 0 Å². The van der Waals surface area contributed by atoms with Gasteiger partial charge in [0, 0.05) is 0 Å². The Hall–Kier alpha value is -0.570. The highest BCUT2D eigenvalue weighted by Crippen LogP contribution is 1.90. The molecule has 3 heteroatoms. The molecule has 1 amide bonds. The molecule has 0 aliphatic carbocycles. The Labute approximate surface area is 42.1 Å². The quantitative estimate of drug-likeness (QED) is 0.418. The van der Waals surface area contributed by atoms with Crippen molar-refractivity contribution in [3.63, 3.8) is 0 Å². The molecule has 7 heavy (non-hydrogen) atoms. The number of carbonyl (C=O) groups is 1. The van der Waals surface area contributed by atoms with E-state index in [0.717, 1.165) is 6.17 Å². The second kappa shape index (κ2) is 1.50. The maximum Gasteiger partial charge on any atom is 0.235 e. The lowest BCUT2D eigenvalue weighted by Crippen LogP contribution is -2.18. The van der Waals surface area contributed by atoms with E-state index in [0.29, 0.717) is 6.54 Å². The monoisotopic (exact) mass is 99.1 g/mol. The highest BCUT2D eigenvalue weighted by Gasteiger charge is 2.14. The van der Waals surface area contributed by atoms with Crippen LogP contribution >= 0.6 is 0 Å². The summed E-state index contributed by atoms with van der Waals surface area (Å²) < 4.78 is 0. The molecular weight excluding hydrogens is 92.1 g/mol. The van der Waals surface area contributed by atoms with Gasteiger partial charge in [-0.2, -0.15) is 0 Å². The van der Waals surface area contributed by atoms with E-state index in [2.05, 4.69) is 10.6 Å². The first-order valence-electron chi connectivity index (χ1n) is 2.16. The summed E-state index contributed by atoms with van der Waals surface area (Å²) in [6, 6.07) is 0. The van der Waals surface area contributed by atoms with E-state index in [1.807, 2.05) is 6.92 Å². The molecule has 1 aliphatic heterocycles.